The summed E-state index contributed by atoms with van der Waals surface area (Å²) in [6.07, 6.45) is 0.933. The summed E-state index contributed by atoms with van der Waals surface area (Å²) < 4.78 is 12.7. The Morgan fingerprint density at radius 3 is 2.62 bits per heavy atom. The summed E-state index contributed by atoms with van der Waals surface area (Å²) in [6, 6.07) is 11.5. The molecular formula is C16H17FN2O2. The molecule has 110 valence electrons. The molecule has 0 aliphatic carbocycles. The van der Waals surface area contributed by atoms with Gasteiger partial charge in [0.15, 0.2) is 0 Å². The van der Waals surface area contributed by atoms with Crippen LogP contribution >= 0.6 is 0 Å². The molecule has 0 fully saturated rings. The van der Waals surface area contributed by atoms with E-state index >= 15 is 0 Å². The van der Waals surface area contributed by atoms with E-state index in [1.165, 1.54) is 12.3 Å². The SMILES string of the molecule is CC(CC(O)c1ccccc1)NC(=O)c1ccc(F)nc1. The van der Waals surface area contributed by atoms with Crippen LogP contribution in [0.3, 0.4) is 0 Å². The lowest BCUT2D eigenvalue weighted by molar-refractivity contribution is 0.0916. The molecule has 0 radical (unpaired) electrons. The smallest absolute Gasteiger partial charge is 0.253 e. The minimum absolute atomic E-state index is 0.224. The van der Waals surface area contributed by atoms with Crippen LogP contribution < -0.4 is 5.32 Å². The lowest BCUT2D eigenvalue weighted by Gasteiger charge is -2.18. The Kier molecular flexibility index (Phi) is 5.00. The van der Waals surface area contributed by atoms with Crippen molar-refractivity contribution in [2.24, 2.45) is 0 Å². The number of nitrogens with zero attached hydrogens (tertiary/aromatic N) is 1. The number of rotatable bonds is 5. The number of carbonyl (C=O) groups is 1. The van der Waals surface area contributed by atoms with Crippen LogP contribution in [0.15, 0.2) is 48.7 Å². The third kappa shape index (κ3) is 4.36. The van der Waals surface area contributed by atoms with E-state index in [4.69, 9.17) is 0 Å². The van der Waals surface area contributed by atoms with Crippen LogP contribution in [0.25, 0.3) is 0 Å². The number of nitrogens with one attached hydrogen (secondary N) is 1. The van der Waals surface area contributed by atoms with E-state index in [-0.39, 0.29) is 17.5 Å². The van der Waals surface area contributed by atoms with Gasteiger partial charge in [-0.05, 0) is 31.0 Å². The zero-order chi connectivity index (χ0) is 15.2. The second kappa shape index (κ2) is 6.95. The van der Waals surface area contributed by atoms with Gasteiger partial charge >= 0.3 is 0 Å². The van der Waals surface area contributed by atoms with Crippen molar-refractivity contribution >= 4 is 5.91 Å². The van der Waals surface area contributed by atoms with Crippen LogP contribution in [0.5, 0.6) is 0 Å². The minimum Gasteiger partial charge on any atom is -0.388 e. The van der Waals surface area contributed by atoms with E-state index in [1.54, 1.807) is 6.92 Å². The molecule has 0 aliphatic heterocycles. The van der Waals surface area contributed by atoms with Gasteiger partial charge in [-0.3, -0.25) is 4.79 Å². The maximum Gasteiger partial charge on any atom is 0.253 e. The Hall–Kier alpha value is -2.27. The number of hydrogen-bond acceptors (Lipinski definition) is 3. The molecule has 2 atom stereocenters. The number of carbonyl (C=O) groups excluding carboxylic acids is 1. The Labute approximate surface area is 122 Å². The van der Waals surface area contributed by atoms with Crippen molar-refractivity contribution in [1.82, 2.24) is 10.3 Å². The summed E-state index contributed by atoms with van der Waals surface area (Å²) in [6.45, 7) is 1.81. The van der Waals surface area contributed by atoms with Crippen LogP contribution in [0.2, 0.25) is 0 Å². The molecule has 1 aromatic carbocycles. The Bertz CT molecular complexity index is 587. The van der Waals surface area contributed by atoms with Crippen LogP contribution in [-0.4, -0.2) is 22.0 Å². The number of hydrogen-bond donors (Lipinski definition) is 2. The standard InChI is InChI=1S/C16H17FN2O2/c1-11(9-14(20)12-5-3-2-4-6-12)19-16(21)13-7-8-15(17)18-10-13/h2-8,10-11,14,20H,9H2,1H3,(H,19,21). The maximum atomic E-state index is 12.7. The topological polar surface area (TPSA) is 62.2 Å². The Morgan fingerprint density at radius 2 is 2.00 bits per heavy atom. The van der Waals surface area contributed by atoms with Crippen LogP contribution in [0, 0.1) is 5.95 Å². The fourth-order valence-electron chi connectivity index (χ4n) is 2.02. The molecule has 0 bridgehead atoms. The third-order valence-electron chi connectivity index (χ3n) is 3.13. The Morgan fingerprint density at radius 1 is 1.29 bits per heavy atom. The molecule has 1 heterocycles. The van der Waals surface area contributed by atoms with E-state index in [0.717, 1.165) is 11.6 Å². The molecule has 5 heteroatoms. The van der Waals surface area contributed by atoms with Gasteiger partial charge in [0.05, 0.1) is 11.7 Å². The van der Waals surface area contributed by atoms with E-state index in [9.17, 15) is 14.3 Å². The highest BCUT2D eigenvalue weighted by molar-refractivity contribution is 5.93. The highest BCUT2D eigenvalue weighted by Crippen LogP contribution is 2.17. The minimum atomic E-state index is -0.646. The molecule has 4 nitrogen and oxygen atoms in total. The molecule has 2 unspecified atom stereocenters. The van der Waals surface area contributed by atoms with Gasteiger partial charge in [0.2, 0.25) is 5.95 Å². The molecule has 2 rings (SSSR count). The maximum absolute atomic E-state index is 12.7. The van der Waals surface area contributed by atoms with Crippen molar-refractivity contribution in [3.8, 4) is 0 Å². The molecule has 0 saturated heterocycles. The molecule has 1 aromatic heterocycles. The van der Waals surface area contributed by atoms with Gasteiger partial charge in [-0.25, -0.2) is 4.98 Å². The first-order chi connectivity index (χ1) is 10.1. The second-order valence-electron chi connectivity index (χ2n) is 4.91. The van der Waals surface area contributed by atoms with E-state index in [1.807, 2.05) is 30.3 Å². The summed E-state index contributed by atoms with van der Waals surface area (Å²) in [5.41, 5.74) is 1.10. The van der Waals surface area contributed by atoms with Crippen LogP contribution in [0.1, 0.15) is 35.4 Å². The van der Waals surface area contributed by atoms with Crippen LogP contribution in [0.4, 0.5) is 4.39 Å². The fourth-order valence-corrected chi connectivity index (χ4v) is 2.02. The number of pyridine rings is 1. The molecule has 1 amide bonds. The average Bonchev–Trinajstić information content (AvgIpc) is 2.48. The van der Waals surface area contributed by atoms with E-state index in [0.29, 0.717) is 6.42 Å². The predicted molar refractivity (Wildman–Crippen MR) is 77.1 cm³/mol. The zero-order valence-electron chi connectivity index (χ0n) is 11.7. The third-order valence-corrected chi connectivity index (χ3v) is 3.13. The summed E-state index contributed by atoms with van der Waals surface area (Å²) in [4.78, 5) is 15.4. The number of aromatic nitrogens is 1. The van der Waals surface area contributed by atoms with E-state index in [2.05, 4.69) is 10.3 Å². The quantitative estimate of drug-likeness (QED) is 0.831. The predicted octanol–water partition coefficient (Wildman–Crippen LogP) is 2.46. The Balaban J connectivity index is 1.91. The largest absolute Gasteiger partial charge is 0.388 e. The second-order valence-corrected chi connectivity index (χ2v) is 4.91. The molecule has 0 aliphatic rings. The van der Waals surface area contributed by atoms with Gasteiger partial charge in [0.1, 0.15) is 0 Å². The first-order valence-corrected chi connectivity index (χ1v) is 6.71. The van der Waals surface area contributed by atoms with Gasteiger partial charge in [-0.2, -0.15) is 4.39 Å². The van der Waals surface area contributed by atoms with Crippen molar-refractivity contribution in [2.75, 3.05) is 0 Å². The van der Waals surface area contributed by atoms with Crippen molar-refractivity contribution < 1.29 is 14.3 Å². The van der Waals surface area contributed by atoms with Crippen molar-refractivity contribution in [1.29, 1.82) is 0 Å². The zero-order valence-corrected chi connectivity index (χ0v) is 11.7. The summed E-state index contributed by atoms with van der Waals surface area (Å²) in [5.74, 6) is -0.964. The van der Waals surface area contributed by atoms with Crippen molar-refractivity contribution in [2.45, 2.75) is 25.5 Å². The number of aliphatic hydroxyl groups excluding tert-OH is 1. The highest BCUT2D eigenvalue weighted by atomic mass is 19.1. The van der Waals surface area contributed by atoms with Gasteiger partial charge in [0.25, 0.3) is 5.91 Å². The van der Waals surface area contributed by atoms with Crippen molar-refractivity contribution in [3.05, 3.63) is 65.7 Å². The van der Waals surface area contributed by atoms with Crippen LogP contribution in [-0.2, 0) is 0 Å². The van der Waals surface area contributed by atoms with Gasteiger partial charge in [-0.15, -0.1) is 0 Å². The average molecular weight is 288 g/mol. The first-order valence-electron chi connectivity index (χ1n) is 6.71. The molecule has 0 spiro atoms. The van der Waals surface area contributed by atoms with Gasteiger partial charge in [-0.1, -0.05) is 30.3 Å². The molecule has 0 saturated carbocycles. The lowest BCUT2D eigenvalue weighted by atomic mass is 10.0. The summed E-state index contributed by atoms with van der Waals surface area (Å²) >= 11 is 0. The van der Waals surface area contributed by atoms with Crippen molar-refractivity contribution in [3.63, 3.8) is 0 Å². The normalized spacial score (nSPS) is 13.5. The summed E-state index contributed by atoms with van der Waals surface area (Å²) in [5, 5.41) is 12.9. The monoisotopic (exact) mass is 288 g/mol. The fraction of sp³-hybridized carbons (Fsp3) is 0.250. The number of aliphatic hydroxyl groups is 1. The molecule has 21 heavy (non-hydrogen) atoms. The lowest BCUT2D eigenvalue weighted by Crippen LogP contribution is -2.33. The highest BCUT2D eigenvalue weighted by Gasteiger charge is 2.15. The van der Waals surface area contributed by atoms with Gasteiger partial charge in [0, 0.05) is 12.2 Å². The number of halogens is 1. The molecule has 2 N–H and O–H groups in total. The number of benzene rings is 1. The molecular weight excluding hydrogens is 271 g/mol. The van der Waals surface area contributed by atoms with E-state index < -0.39 is 12.1 Å². The summed E-state index contributed by atoms with van der Waals surface area (Å²) in [7, 11) is 0. The number of amides is 1. The first kappa shape index (κ1) is 15.1. The molecule has 2 aromatic rings. The van der Waals surface area contributed by atoms with Gasteiger partial charge < -0.3 is 10.4 Å².